The molecule has 0 radical (unpaired) electrons. The zero-order chi connectivity index (χ0) is 11.4. The summed E-state index contributed by atoms with van der Waals surface area (Å²) in [5.41, 5.74) is 0. The molecule has 1 aromatic rings. The van der Waals surface area contributed by atoms with Gasteiger partial charge < -0.3 is 14.6 Å². The summed E-state index contributed by atoms with van der Waals surface area (Å²) in [7, 11) is 1.95. The predicted octanol–water partition coefficient (Wildman–Crippen LogP) is 1.16. The lowest BCUT2D eigenvalue weighted by molar-refractivity contribution is 0.119. The first-order valence-electron chi connectivity index (χ1n) is 5.65. The quantitative estimate of drug-likeness (QED) is 0.830. The number of rotatable bonds is 4. The van der Waals surface area contributed by atoms with Crippen LogP contribution in [0.1, 0.15) is 31.6 Å². The third-order valence-corrected chi connectivity index (χ3v) is 2.81. The lowest BCUT2D eigenvalue weighted by atomic mass is 10.1. The SMILES string of the molecule is CC(NCC1CCC=CO1)c1nncn1C. The smallest absolute Gasteiger partial charge is 0.149 e. The van der Waals surface area contributed by atoms with Crippen LogP contribution in [0.5, 0.6) is 0 Å². The summed E-state index contributed by atoms with van der Waals surface area (Å²) in [6.07, 6.45) is 8.03. The third-order valence-electron chi connectivity index (χ3n) is 2.81. The van der Waals surface area contributed by atoms with Gasteiger partial charge in [0.05, 0.1) is 12.3 Å². The number of hydrogen-bond donors (Lipinski definition) is 1. The molecule has 1 aliphatic rings. The fraction of sp³-hybridized carbons (Fsp3) is 0.636. The van der Waals surface area contributed by atoms with E-state index in [9.17, 15) is 0 Å². The molecule has 1 aromatic heterocycles. The molecule has 0 fully saturated rings. The Morgan fingerprint density at radius 1 is 1.69 bits per heavy atom. The van der Waals surface area contributed by atoms with Gasteiger partial charge in [0.25, 0.3) is 0 Å². The first-order chi connectivity index (χ1) is 7.77. The van der Waals surface area contributed by atoms with Crippen LogP contribution in [0, 0.1) is 0 Å². The van der Waals surface area contributed by atoms with Crippen molar-refractivity contribution in [2.75, 3.05) is 6.54 Å². The molecule has 0 amide bonds. The van der Waals surface area contributed by atoms with E-state index in [1.807, 2.05) is 11.6 Å². The van der Waals surface area contributed by atoms with Gasteiger partial charge in [-0.3, -0.25) is 0 Å². The molecule has 0 bridgehead atoms. The Morgan fingerprint density at radius 3 is 3.19 bits per heavy atom. The molecular formula is C11H18N4O. The van der Waals surface area contributed by atoms with Crippen LogP contribution in [0.2, 0.25) is 0 Å². The van der Waals surface area contributed by atoms with Gasteiger partial charge in [-0.1, -0.05) is 0 Å². The topological polar surface area (TPSA) is 52.0 Å². The molecule has 1 aliphatic heterocycles. The third kappa shape index (κ3) is 2.61. The van der Waals surface area contributed by atoms with Crippen LogP contribution in [0.25, 0.3) is 0 Å². The highest BCUT2D eigenvalue weighted by Gasteiger charge is 2.15. The summed E-state index contributed by atoms with van der Waals surface area (Å²) < 4.78 is 7.42. The van der Waals surface area contributed by atoms with E-state index in [0.717, 1.165) is 25.2 Å². The standard InChI is InChI=1S/C11H18N4O/c1-9(11-14-13-8-15(11)2)12-7-10-5-3-4-6-16-10/h4,6,8-10,12H,3,5,7H2,1-2H3. The van der Waals surface area contributed by atoms with Crippen molar-refractivity contribution >= 4 is 0 Å². The average Bonchev–Trinajstić information content (AvgIpc) is 2.74. The van der Waals surface area contributed by atoms with Crippen LogP contribution in [0.15, 0.2) is 18.7 Å². The lowest BCUT2D eigenvalue weighted by Crippen LogP contribution is -2.32. The van der Waals surface area contributed by atoms with E-state index in [0.29, 0.717) is 0 Å². The Kier molecular flexibility index (Phi) is 3.56. The Morgan fingerprint density at radius 2 is 2.56 bits per heavy atom. The molecule has 2 heterocycles. The van der Waals surface area contributed by atoms with E-state index in [1.165, 1.54) is 0 Å². The first kappa shape index (κ1) is 11.1. The zero-order valence-corrected chi connectivity index (χ0v) is 9.76. The summed E-state index contributed by atoms with van der Waals surface area (Å²) >= 11 is 0. The number of ether oxygens (including phenoxy) is 1. The molecule has 5 nitrogen and oxygen atoms in total. The largest absolute Gasteiger partial charge is 0.497 e. The van der Waals surface area contributed by atoms with Crippen molar-refractivity contribution in [3.8, 4) is 0 Å². The molecule has 2 rings (SSSR count). The molecular weight excluding hydrogens is 204 g/mol. The maximum absolute atomic E-state index is 5.49. The molecule has 0 spiro atoms. The van der Waals surface area contributed by atoms with E-state index >= 15 is 0 Å². The summed E-state index contributed by atoms with van der Waals surface area (Å²) in [6.45, 7) is 2.93. The monoisotopic (exact) mass is 222 g/mol. The van der Waals surface area contributed by atoms with Crippen molar-refractivity contribution in [2.45, 2.75) is 31.9 Å². The van der Waals surface area contributed by atoms with E-state index in [2.05, 4.69) is 28.5 Å². The van der Waals surface area contributed by atoms with Gasteiger partial charge in [0.1, 0.15) is 18.3 Å². The molecule has 0 saturated carbocycles. The number of hydrogen-bond acceptors (Lipinski definition) is 4. The highest BCUT2D eigenvalue weighted by Crippen LogP contribution is 2.12. The molecule has 0 aliphatic carbocycles. The summed E-state index contributed by atoms with van der Waals surface area (Å²) in [4.78, 5) is 0. The molecule has 88 valence electrons. The van der Waals surface area contributed by atoms with Crippen LogP contribution >= 0.6 is 0 Å². The van der Waals surface area contributed by atoms with Gasteiger partial charge in [-0.15, -0.1) is 10.2 Å². The molecule has 0 aromatic carbocycles. The molecule has 16 heavy (non-hydrogen) atoms. The van der Waals surface area contributed by atoms with Crippen LogP contribution in [-0.4, -0.2) is 27.4 Å². The van der Waals surface area contributed by atoms with Gasteiger partial charge in [0.15, 0.2) is 0 Å². The first-order valence-corrected chi connectivity index (χ1v) is 5.65. The number of aromatic nitrogens is 3. The van der Waals surface area contributed by atoms with Crippen molar-refractivity contribution in [3.05, 3.63) is 24.5 Å². The predicted molar refractivity (Wildman–Crippen MR) is 60.7 cm³/mol. The molecule has 2 unspecified atom stereocenters. The second kappa shape index (κ2) is 5.12. The Balaban J connectivity index is 1.81. The van der Waals surface area contributed by atoms with Gasteiger partial charge in [-0.05, 0) is 25.8 Å². The number of aryl methyl sites for hydroxylation is 1. The van der Waals surface area contributed by atoms with Crippen LogP contribution in [-0.2, 0) is 11.8 Å². The van der Waals surface area contributed by atoms with Crippen molar-refractivity contribution in [2.24, 2.45) is 7.05 Å². The molecule has 2 atom stereocenters. The van der Waals surface area contributed by atoms with Crippen molar-refractivity contribution in [1.82, 2.24) is 20.1 Å². The second-order valence-electron chi connectivity index (χ2n) is 4.14. The second-order valence-corrected chi connectivity index (χ2v) is 4.14. The minimum absolute atomic E-state index is 0.196. The van der Waals surface area contributed by atoms with Gasteiger partial charge >= 0.3 is 0 Å². The highest BCUT2D eigenvalue weighted by atomic mass is 16.5. The summed E-state index contributed by atoms with van der Waals surface area (Å²) in [6, 6.07) is 0.196. The zero-order valence-electron chi connectivity index (χ0n) is 9.76. The number of allylic oxidation sites excluding steroid dienone is 1. The summed E-state index contributed by atoms with van der Waals surface area (Å²) in [5, 5.41) is 11.4. The highest BCUT2D eigenvalue weighted by molar-refractivity contribution is 4.92. The summed E-state index contributed by atoms with van der Waals surface area (Å²) in [5.74, 6) is 0.950. The number of nitrogens with one attached hydrogen (secondary N) is 1. The maximum Gasteiger partial charge on any atom is 0.149 e. The van der Waals surface area contributed by atoms with Crippen LogP contribution in [0.3, 0.4) is 0 Å². The normalized spacial score (nSPS) is 21.8. The van der Waals surface area contributed by atoms with E-state index in [1.54, 1.807) is 12.6 Å². The van der Waals surface area contributed by atoms with Gasteiger partial charge in [0.2, 0.25) is 0 Å². The van der Waals surface area contributed by atoms with Gasteiger partial charge in [-0.25, -0.2) is 0 Å². The average molecular weight is 222 g/mol. The van der Waals surface area contributed by atoms with Crippen molar-refractivity contribution in [1.29, 1.82) is 0 Å². The lowest BCUT2D eigenvalue weighted by Gasteiger charge is -2.21. The maximum atomic E-state index is 5.49. The van der Waals surface area contributed by atoms with E-state index < -0.39 is 0 Å². The molecule has 0 saturated heterocycles. The van der Waals surface area contributed by atoms with Crippen molar-refractivity contribution in [3.63, 3.8) is 0 Å². The Hall–Kier alpha value is -1.36. The van der Waals surface area contributed by atoms with E-state index in [4.69, 9.17) is 4.74 Å². The minimum atomic E-state index is 0.196. The molecule has 1 N–H and O–H groups in total. The van der Waals surface area contributed by atoms with Gasteiger partial charge in [0, 0.05) is 13.6 Å². The van der Waals surface area contributed by atoms with Crippen LogP contribution < -0.4 is 5.32 Å². The number of nitrogens with zero attached hydrogens (tertiary/aromatic N) is 3. The Bertz CT molecular complexity index is 361. The van der Waals surface area contributed by atoms with Gasteiger partial charge in [-0.2, -0.15) is 0 Å². The molecule has 5 heteroatoms. The fourth-order valence-electron chi connectivity index (χ4n) is 1.82. The fourth-order valence-corrected chi connectivity index (χ4v) is 1.82. The minimum Gasteiger partial charge on any atom is -0.497 e. The van der Waals surface area contributed by atoms with Crippen molar-refractivity contribution < 1.29 is 4.74 Å². The van der Waals surface area contributed by atoms with E-state index in [-0.39, 0.29) is 12.1 Å². The van der Waals surface area contributed by atoms with Crippen LogP contribution in [0.4, 0.5) is 0 Å². The Labute approximate surface area is 95.5 Å².